The largest absolute Gasteiger partial charge is 0.493 e. The normalized spacial score (nSPS) is 11.7. The summed E-state index contributed by atoms with van der Waals surface area (Å²) in [6, 6.07) is 5.76. The highest BCUT2D eigenvalue weighted by Gasteiger charge is 2.18. The van der Waals surface area contributed by atoms with Gasteiger partial charge >= 0.3 is 4.87 Å². The first-order chi connectivity index (χ1) is 16.9. The minimum Gasteiger partial charge on any atom is -0.493 e. The van der Waals surface area contributed by atoms with Gasteiger partial charge in [-0.2, -0.15) is 0 Å². The number of rotatable bonds is 19. The number of hydrogen-bond donors (Lipinski definition) is 2. The second kappa shape index (κ2) is 15.9. The molecule has 0 saturated heterocycles. The molecule has 0 unspecified atom stereocenters. The average Bonchev–Trinajstić information content (AvgIpc) is 3.14. The molecule has 0 bridgehead atoms. The van der Waals surface area contributed by atoms with Gasteiger partial charge in [0, 0.05) is 6.54 Å². The number of sulfonamides is 1. The van der Waals surface area contributed by atoms with Crippen LogP contribution in [0.1, 0.15) is 106 Å². The third-order valence-corrected chi connectivity index (χ3v) is 8.44. The first kappa shape index (κ1) is 29.3. The van der Waals surface area contributed by atoms with Crippen LogP contribution in [-0.4, -0.2) is 30.9 Å². The van der Waals surface area contributed by atoms with E-state index in [0.717, 1.165) is 23.8 Å². The van der Waals surface area contributed by atoms with Crippen molar-refractivity contribution in [2.45, 2.75) is 102 Å². The lowest BCUT2D eigenvalue weighted by Crippen LogP contribution is -2.25. The number of nitrogens with zero attached hydrogens (tertiary/aromatic N) is 1. The fourth-order valence-corrected chi connectivity index (χ4v) is 5.90. The second-order valence-electron chi connectivity index (χ2n) is 9.00. The number of benzene rings is 1. The lowest BCUT2D eigenvalue weighted by atomic mass is 10.0. The number of hydrogen-bond acceptors (Lipinski definition) is 6. The molecule has 196 valence electrons. The number of unbranched alkanes of at least 4 members (excludes halogenated alkanes) is 13. The van der Waals surface area contributed by atoms with Crippen LogP contribution in [0.3, 0.4) is 0 Å². The standard InChI is InChI=1S/C26H40N2O5S2/c1-2-3-4-5-6-7-8-9-10-11-12-13-14-15-19-27-35(32,33)23-18-16-17-22(20-23)28-25(30)24(21-29)34-26(28)31/h16-18,20-21,27,30H,2-15,19H2,1H3. The summed E-state index contributed by atoms with van der Waals surface area (Å²) in [5.41, 5.74) is 0.191. The van der Waals surface area contributed by atoms with Crippen molar-refractivity contribution in [3.63, 3.8) is 0 Å². The summed E-state index contributed by atoms with van der Waals surface area (Å²) >= 11 is 0.606. The van der Waals surface area contributed by atoms with Gasteiger partial charge in [-0.1, -0.05) is 108 Å². The lowest BCUT2D eigenvalue weighted by molar-refractivity contribution is 0.112. The van der Waals surface area contributed by atoms with Crippen LogP contribution in [0.25, 0.3) is 5.69 Å². The highest BCUT2D eigenvalue weighted by atomic mass is 32.2. The highest BCUT2D eigenvalue weighted by Crippen LogP contribution is 2.23. The van der Waals surface area contributed by atoms with Crippen LogP contribution in [0.2, 0.25) is 0 Å². The summed E-state index contributed by atoms with van der Waals surface area (Å²) in [4.78, 5) is 22.4. The van der Waals surface area contributed by atoms with Gasteiger partial charge in [-0.15, -0.1) is 0 Å². The zero-order valence-corrected chi connectivity index (χ0v) is 22.5. The van der Waals surface area contributed by atoms with E-state index in [9.17, 15) is 23.1 Å². The molecule has 0 aliphatic rings. The van der Waals surface area contributed by atoms with E-state index in [4.69, 9.17) is 0 Å². The molecular weight excluding hydrogens is 484 g/mol. The number of nitrogens with one attached hydrogen (secondary N) is 1. The van der Waals surface area contributed by atoms with E-state index in [-0.39, 0.29) is 15.5 Å². The van der Waals surface area contributed by atoms with Crippen molar-refractivity contribution in [2.24, 2.45) is 0 Å². The van der Waals surface area contributed by atoms with Crippen molar-refractivity contribution in [1.82, 2.24) is 9.29 Å². The molecule has 2 aromatic rings. The first-order valence-electron chi connectivity index (χ1n) is 12.9. The van der Waals surface area contributed by atoms with Crippen molar-refractivity contribution in [3.8, 4) is 11.6 Å². The molecule has 0 fully saturated rings. The summed E-state index contributed by atoms with van der Waals surface area (Å²) in [5, 5.41) is 10.1. The van der Waals surface area contributed by atoms with E-state index in [1.165, 1.54) is 94.9 Å². The quantitative estimate of drug-likeness (QED) is 0.169. The van der Waals surface area contributed by atoms with Gasteiger partial charge in [0.15, 0.2) is 6.29 Å². The lowest BCUT2D eigenvalue weighted by Gasteiger charge is -2.09. The molecule has 0 aliphatic heterocycles. The van der Waals surface area contributed by atoms with E-state index in [1.807, 2.05) is 0 Å². The maximum atomic E-state index is 12.7. The third kappa shape index (κ3) is 9.89. The van der Waals surface area contributed by atoms with E-state index < -0.39 is 20.8 Å². The van der Waals surface area contributed by atoms with Crippen LogP contribution in [0.4, 0.5) is 0 Å². The third-order valence-electron chi connectivity index (χ3n) is 6.13. The maximum absolute atomic E-state index is 12.7. The Balaban J connectivity index is 1.65. The number of aldehydes is 1. The van der Waals surface area contributed by atoms with Gasteiger partial charge < -0.3 is 5.11 Å². The molecule has 9 heteroatoms. The monoisotopic (exact) mass is 524 g/mol. The molecule has 1 aromatic carbocycles. The second-order valence-corrected chi connectivity index (χ2v) is 11.8. The van der Waals surface area contributed by atoms with E-state index >= 15 is 0 Å². The first-order valence-corrected chi connectivity index (χ1v) is 15.2. The molecule has 2 rings (SSSR count). The summed E-state index contributed by atoms with van der Waals surface area (Å²) in [6.07, 6.45) is 17.8. The number of carbonyl (C=O) groups is 1. The summed E-state index contributed by atoms with van der Waals surface area (Å²) < 4.78 is 28.9. The Bertz CT molecular complexity index is 1060. The fraction of sp³-hybridized carbons (Fsp3) is 0.615. The zero-order chi connectivity index (χ0) is 25.5. The minimum atomic E-state index is -3.75. The van der Waals surface area contributed by atoms with Crippen LogP contribution in [0.5, 0.6) is 5.88 Å². The van der Waals surface area contributed by atoms with Crippen molar-refractivity contribution < 1.29 is 18.3 Å². The maximum Gasteiger partial charge on any atom is 0.315 e. The topological polar surface area (TPSA) is 105 Å². The molecule has 35 heavy (non-hydrogen) atoms. The summed E-state index contributed by atoms with van der Waals surface area (Å²) in [7, 11) is -3.75. The molecule has 0 amide bonds. The predicted molar refractivity (Wildman–Crippen MR) is 142 cm³/mol. The molecule has 0 aliphatic carbocycles. The highest BCUT2D eigenvalue weighted by molar-refractivity contribution is 7.89. The molecule has 0 spiro atoms. The Labute approximate surface area is 213 Å². The molecule has 7 nitrogen and oxygen atoms in total. The minimum absolute atomic E-state index is 0.00511. The molecule has 0 radical (unpaired) electrons. The number of carbonyl (C=O) groups excluding carboxylic acids is 1. The molecular formula is C26H40N2O5S2. The van der Waals surface area contributed by atoms with Crippen molar-refractivity contribution in [2.75, 3.05) is 6.54 Å². The van der Waals surface area contributed by atoms with Crippen LogP contribution in [0, 0.1) is 0 Å². The van der Waals surface area contributed by atoms with Crippen LogP contribution in [0.15, 0.2) is 34.0 Å². The van der Waals surface area contributed by atoms with Crippen LogP contribution in [-0.2, 0) is 10.0 Å². The molecule has 1 aromatic heterocycles. The number of thiazole rings is 1. The van der Waals surface area contributed by atoms with Gasteiger partial charge in [-0.3, -0.25) is 9.59 Å². The van der Waals surface area contributed by atoms with Crippen molar-refractivity contribution in [1.29, 1.82) is 0 Å². The van der Waals surface area contributed by atoms with E-state index in [0.29, 0.717) is 24.2 Å². The van der Waals surface area contributed by atoms with Crippen LogP contribution < -0.4 is 9.60 Å². The van der Waals surface area contributed by atoms with Crippen molar-refractivity contribution in [3.05, 3.63) is 38.8 Å². The number of aromatic nitrogens is 1. The molecule has 0 atom stereocenters. The van der Waals surface area contributed by atoms with Crippen molar-refractivity contribution >= 4 is 27.6 Å². The Morgan fingerprint density at radius 3 is 1.97 bits per heavy atom. The predicted octanol–water partition coefficient (Wildman–Crippen LogP) is 6.18. The zero-order valence-electron chi connectivity index (χ0n) is 20.8. The Hall–Kier alpha value is -1.97. The Kier molecular flexibility index (Phi) is 13.3. The molecule has 2 N–H and O–H groups in total. The van der Waals surface area contributed by atoms with Gasteiger partial charge in [0.25, 0.3) is 0 Å². The van der Waals surface area contributed by atoms with E-state index in [2.05, 4.69) is 11.6 Å². The molecule has 1 heterocycles. The van der Waals surface area contributed by atoms with Crippen LogP contribution >= 0.6 is 11.3 Å². The Morgan fingerprint density at radius 2 is 1.46 bits per heavy atom. The van der Waals surface area contributed by atoms with Gasteiger partial charge in [-0.05, 0) is 24.6 Å². The SMILES string of the molecule is CCCCCCCCCCCCCCCCNS(=O)(=O)c1cccc(-n2c(O)c(C=O)sc2=O)c1. The van der Waals surface area contributed by atoms with Gasteiger partial charge in [-0.25, -0.2) is 17.7 Å². The van der Waals surface area contributed by atoms with Gasteiger partial charge in [0.2, 0.25) is 15.9 Å². The number of aromatic hydroxyl groups is 1. The van der Waals surface area contributed by atoms with E-state index in [1.54, 1.807) is 0 Å². The van der Waals surface area contributed by atoms with Gasteiger partial charge in [0.1, 0.15) is 4.88 Å². The smallest absolute Gasteiger partial charge is 0.315 e. The fourth-order valence-electron chi connectivity index (χ4n) is 4.09. The van der Waals surface area contributed by atoms with Gasteiger partial charge in [0.05, 0.1) is 10.6 Å². The summed E-state index contributed by atoms with van der Waals surface area (Å²) in [5.74, 6) is -0.486. The average molecular weight is 525 g/mol. The Morgan fingerprint density at radius 1 is 0.914 bits per heavy atom. The summed E-state index contributed by atoms with van der Waals surface area (Å²) in [6.45, 7) is 2.60. The molecule has 0 saturated carbocycles.